The van der Waals surface area contributed by atoms with E-state index >= 15 is 0 Å². The highest BCUT2D eigenvalue weighted by atomic mass is 16.2. The van der Waals surface area contributed by atoms with Crippen LogP contribution in [0.15, 0.2) is 29.1 Å². The van der Waals surface area contributed by atoms with Crippen LogP contribution in [0.4, 0.5) is 0 Å². The average molecular weight is 425 g/mol. The molecule has 2 unspecified atom stereocenters. The Morgan fingerprint density at radius 2 is 1.71 bits per heavy atom. The van der Waals surface area contributed by atoms with Crippen molar-refractivity contribution in [1.82, 2.24) is 29.0 Å². The molecule has 3 heterocycles. The lowest BCUT2D eigenvalue weighted by atomic mass is 9.97. The highest BCUT2D eigenvalue weighted by Crippen LogP contribution is 2.24. The number of benzene rings is 1. The number of nitrogens with zero attached hydrogens (tertiary/aromatic N) is 5. The van der Waals surface area contributed by atoms with Crippen molar-refractivity contribution >= 4 is 28.6 Å². The van der Waals surface area contributed by atoms with Gasteiger partial charge in [0.25, 0.3) is 0 Å². The topological polar surface area (TPSA) is 93.6 Å². The number of hydrogen-bond donors (Lipinski definition) is 1. The van der Waals surface area contributed by atoms with Crippen molar-refractivity contribution in [3.8, 4) is 0 Å². The predicted octanol–water partition coefficient (Wildman–Crippen LogP) is 1.52. The molecule has 0 radical (unpaired) electrons. The fourth-order valence-corrected chi connectivity index (χ4v) is 4.80. The van der Waals surface area contributed by atoms with Crippen LogP contribution in [0.2, 0.25) is 0 Å². The molecule has 0 spiro atoms. The van der Waals surface area contributed by atoms with Gasteiger partial charge in [-0.25, -0.2) is 13.9 Å². The van der Waals surface area contributed by atoms with Crippen molar-refractivity contribution in [2.24, 2.45) is 0 Å². The Morgan fingerprint density at radius 3 is 2.39 bits per heavy atom. The predicted molar refractivity (Wildman–Crippen MR) is 116 cm³/mol. The fraction of sp³-hybridized carbons (Fsp3) is 0.545. The van der Waals surface area contributed by atoms with Gasteiger partial charge in [-0.3, -0.25) is 14.2 Å². The molecule has 0 bridgehead atoms. The number of carbonyl (C=O) groups excluding carboxylic acids is 2. The normalized spacial score (nSPS) is 21.7. The van der Waals surface area contributed by atoms with Crippen molar-refractivity contribution < 1.29 is 9.59 Å². The molecule has 1 aromatic carbocycles. The first kappa shape index (κ1) is 19.8. The first-order valence-electron chi connectivity index (χ1n) is 11.1. The molecule has 2 aliphatic rings. The van der Waals surface area contributed by atoms with Gasteiger partial charge in [-0.2, -0.15) is 0 Å². The molecule has 1 saturated carbocycles. The van der Waals surface area contributed by atoms with Gasteiger partial charge in [0.15, 0.2) is 0 Å². The summed E-state index contributed by atoms with van der Waals surface area (Å²) in [5, 5.41) is 7.34. The number of likely N-dealkylation sites (tertiary alicyclic amines) is 1. The number of rotatable bonds is 5. The van der Waals surface area contributed by atoms with Crippen LogP contribution in [-0.2, 0) is 22.7 Å². The number of para-hydroxylation sites is 2. The molecule has 1 aliphatic heterocycles. The number of piperidine rings is 1. The lowest BCUT2D eigenvalue weighted by Gasteiger charge is -2.39. The molecular formula is C22H28N6O3. The quantitative estimate of drug-likeness (QED) is 0.672. The number of carbonyl (C=O) groups is 2. The standard InChI is InChI=1S/C22H28N6O3/c1-14-6-5-7-15(2)27(14)20(30)13-25-17-8-3-4-9-18(17)28-21(25)24-26(22(28)31)12-19(29)23-16-10-11-16/h3-4,8-9,14-16H,5-7,10-13H2,1-2H3,(H,23,29). The summed E-state index contributed by atoms with van der Waals surface area (Å²) in [7, 11) is 0. The zero-order chi connectivity index (χ0) is 21.7. The first-order chi connectivity index (χ1) is 14.9. The fourth-order valence-electron chi connectivity index (χ4n) is 4.80. The number of imidazole rings is 1. The second-order valence-electron chi connectivity index (χ2n) is 8.92. The Morgan fingerprint density at radius 1 is 1.03 bits per heavy atom. The molecule has 2 fully saturated rings. The molecule has 9 heteroatoms. The monoisotopic (exact) mass is 424 g/mol. The summed E-state index contributed by atoms with van der Waals surface area (Å²) in [6.07, 6.45) is 5.10. The van der Waals surface area contributed by atoms with Gasteiger partial charge in [0, 0.05) is 18.1 Å². The second kappa shape index (κ2) is 7.55. The third-order valence-corrected chi connectivity index (χ3v) is 6.49. The summed E-state index contributed by atoms with van der Waals surface area (Å²) in [5.41, 5.74) is 1.09. The van der Waals surface area contributed by atoms with E-state index in [0.717, 1.165) is 37.6 Å². The molecule has 5 rings (SSSR count). The van der Waals surface area contributed by atoms with Crippen LogP contribution in [-0.4, -0.2) is 53.6 Å². The maximum atomic E-state index is 13.3. The second-order valence-corrected chi connectivity index (χ2v) is 8.92. The Bertz CT molecular complexity index is 1210. The third-order valence-electron chi connectivity index (χ3n) is 6.49. The minimum absolute atomic E-state index is 0.0245. The zero-order valence-corrected chi connectivity index (χ0v) is 18.0. The Labute approximate surface area is 179 Å². The Hall–Kier alpha value is -3.10. The van der Waals surface area contributed by atoms with Crippen LogP contribution in [0.3, 0.4) is 0 Å². The molecule has 9 nitrogen and oxygen atoms in total. The van der Waals surface area contributed by atoms with E-state index in [1.165, 1.54) is 9.08 Å². The Balaban J connectivity index is 1.53. The third kappa shape index (κ3) is 3.51. The molecular weight excluding hydrogens is 396 g/mol. The largest absolute Gasteiger partial charge is 0.352 e. The van der Waals surface area contributed by atoms with Gasteiger partial charge in [0.1, 0.15) is 13.1 Å². The lowest BCUT2D eigenvalue weighted by Crippen LogP contribution is -2.48. The smallest absolute Gasteiger partial charge is 0.352 e. The zero-order valence-electron chi connectivity index (χ0n) is 18.0. The van der Waals surface area contributed by atoms with E-state index in [1.807, 2.05) is 29.2 Å². The number of fused-ring (bicyclic) bond motifs is 3. The summed E-state index contributed by atoms with van der Waals surface area (Å²) in [6.45, 7) is 4.17. The molecule has 31 heavy (non-hydrogen) atoms. The van der Waals surface area contributed by atoms with E-state index < -0.39 is 0 Å². The van der Waals surface area contributed by atoms with Crippen LogP contribution >= 0.6 is 0 Å². The van der Waals surface area contributed by atoms with Crippen molar-refractivity contribution in [1.29, 1.82) is 0 Å². The van der Waals surface area contributed by atoms with E-state index in [2.05, 4.69) is 24.3 Å². The summed E-state index contributed by atoms with van der Waals surface area (Å²) in [4.78, 5) is 40.5. The molecule has 164 valence electrons. The van der Waals surface area contributed by atoms with Crippen molar-refractivity contribution in [2.75, 3.05) is 0 Å². The molecule has 2 atom stereocenters. The van der Waals surface area contributed by atoms with E-state index in [1.54, 1.807) is 4.57 Å². The summed E-state index contributed by atoms with van der Waals surface area (Å²) >= 11 is 0. The average Bonchev–Trinajstić information content (AvgIpc) is 3.42. The van der Waals surface area contributed by atoms with Crippen LogP contribution in [0, 0.1) is 0 Å². The van der Waals surface area contributed by atoms with Crippen molar-refractivity contribution in [2.45, 2.75) is 77.2 Å². The molecule has 1 N–H and O–H groups in total. The van der Waals surface area contributed by atoms with E-state index in [0.29, 0.717) is 11.3 Å². The van der Waals surface area contributed by atoms with Gasteiger partial charge in [-0.05, 0) is 58.1 Å². The van der Waals surface area contributed by atoms with Gasteiger partial charge < -0.3 is 10.2 Å². The molecule has 1 saturated heterocycles. The Kier molecular flexibility index (Phi) is 4.83. The number of aromatic nitrogens is 4. The molecule has 1 aliphatic carbocycles. The lowest BCUT2D eigenvalue weighted by molar-refractivity contribution is -0.137. The van der Waals surface area contributed by atoms with Crippen LogP contribution in [0.5, 0.6) is 0 Å². The molecule has 2 aromatic heterocycles. The molecule has 3 aromatic rings. The minimum atomic E-state index is -0.372. The summed E-state index contributed by atoms with van der Waals surface area (Å²) in [5.74, 6) is 0.195. The van der Waals surface area contributed by atoms with Crippen LogP contribution < -0.4 is 11.0 Å². The highest BCUT2D eigenvalue weighted by molar-refractivity contribution is 5.85. The first-order valence-corrected chi connectivity index (χ1v) is 11.1. The van der Waals surface area contributed by atoms with Crippen molar-refractivity contribution in [3.05, 3.63) is 34.7 Å². The maximum Gasteiger partial charge on any atom is 0.352 e. The summed E-state index contributed by atoms with van der Waals surface area (Å²) < 4.78 is 4.48. The summed E-state index contributed by atoms with van der Waals surface area (Å²) in [6, 6.07) is 8.08. The van der Waals surface area contributed by atoms with Gasteiger partial charge in [0.2, 0.25) is 17.6 Å². The van der Waals surface area contributed by atoms with Gasteiger partial charge >= 0.3 is 5.69 Å². The van der Waals surface area contributed by atoms with Crippen molar-refractivity contribution in [3.63, 3.8) is 0 Å². The van der Waals surface area contributed by atoms with Crippen LogP contribution in [0.25, 0.3) is 16.8 Å². The van der Waals surface area contributed by atoms with E-state index in [-0.39, 0.29) is 48.7 Å². The number of hydrogen-bond acceptors (Lipinski definition) is 4. The van der Waals surface area contributed by atoms with Gasteiger partial charge in [0.05, 0.1) is 11.0 Å². The van der Waals surface area contributed by atoms with Gasteiger partial charge in [-0.15, -0.1) is 5.10 Å². The SMILES string of the molecule is CC1CCCC(C)N1C(=O)Cn1c2ccccc2n2c(=O)n(CC(=O)NC3CC3)nc12. The highest BCUT2D eigenvalue weighted by Gasteiger charge is 2.30. The van der Waals surface area contributed by atoms with E-state index in [4.69, 9.17) is 0 Å². The van der Waals surface area contributed by atoms with Crippen LogP contribution in [0.1, 0.15) is 46.0 Å². The number of nitrogens with one attached hydrogen (secondary N) is 1. The minimum Gasteiger partial charge on any atom is -0.352 e. The molecule has 2 amide bonds. The number of amides is 2. The maximum absolute atomic E-state index is 13.3. The van der Waals surface area contributed by atoms with E-state index in [9.17, 15) is 14.4 Å². The van der Waals surface area contributed by atoms with Gasteiger partial charge in [-0.1, -0.05) is 12.1 Å².